The number of anilines is 1. The molecule has 0 saturated carbocycles. The van der Waals surface area contributed by atoms with Crippen LogP contribution in [0.15, 0.2) is 66.7 Å². The van der Waals surface area contributed by atoms with Crippen LogP contribution in [0, 0.1) is 15.5 Å². The number of nitrogen functional groups attached to an aromatic ring is 1. The Morgan fingerprint density at radius 2 is 1.76 bits per heavy atom. The van der Waals surface area contributed by atoms with E-state index in [9.17, 15) is 24.3 Å². The number of nitrogens with two attached hydrogens (primary N) is 2. The van der Waals surface area contributed by atoms with E-state index < -0.39 is 29.7 Å². The fraction of sp³-hybridized carbons (Fsp3) is 0.310. The molecule has 244 valence electrons. The summed E-state index contributed by atoms with van der Waals surface area (Å²) in [6, 6.07) is 18.1. The van der Waals surface area contributed by atoms with E-state index in [4.69, 9.17) is 54.2 Å². The van der Waals surface area contributed by atoms with Gasteiger partial charge in [-0.1, -0.05) is 59.6 Å². The highest BCUT2D eigenvalue weighted by Crippen LogP contribution is 2.39. The third kappa shape index (κ3) is 12.0. The number of nitro groups is 1. The summed E-state index contributed by atoms with van der Waals surface area (Å²) < 4.78 is 16.1. The van der Waals surface area contributed by atoms with Gasteiger partial charge < -0.3 is 26.2 Å². The van der Waals surface area contributed by atoms with Crippen molar-refractivity contribution in [3.63, 3.8) is 0 Å². The number of hydrogen-bond acceptors (Lipinski definition) is 9. The normalized spacial score (nSPS) is 15.4. The maximum Gasteiger partial charge on any atom is 0.320 e. The number of nitrogens with zero attached hydrogens (tertiary/aromatic N) is 2. The number of rotatable bonds is 9. The highest BCUT2D eigenvalue weighted by atomic mass is 35.5. The fourth-order valence-corrected chi connectivity index (χ4v) is 4.67. The Morgan fingerprint density at radius 3 is 2.27 bits per heavy atom. The van der Waals surface area contributed by atoms with Crippen molar-refractivity contribution in [1.29, 1.82) is 0 Å². The van der Waals surface area contributed by atoms with Crippen LogP contribution in [0.1, 0.15) is 25.8 Å². The number of benzene rings is 3. The van der Waals surface area contributed by atoms with E-state index in [-0.39, 0.29) is 40.6 Å². The second-order valence-corrected chi connectivity index (χ2v) is 13.9. The lowest BCUT2D eigenvalue weighted by Crippen LogP contribution is -2.30. The smallest absolute Gasteiger partial charge is 0.320 e. The Bertz CT molecular complexity index is 1540. The van der Waals surface area contributed by atoms with E-state index in [2.05, 4.69) is 0 Å². The average Bonchev–Trinajstić information content (AvgIpc) is 3.23. The van der Waals surface area contributed by atoms with Crippen molar-refractivity contribution < 1.29 is 38.7 Å². The summed E-state index contributed by atoms with van der Waals surface area (Å²) in [4.78, 5) is 46.2. The molecule has 2 atom stereocenters. The summed E-state index contributed by atoms with van der Waals surface area (Å²) in [5.74, 6) is -0.274. The number of aliphatic carboxylic acids is 1. The monoisotopic (exact) mass is 684 g/mol. The molecule has 16 heteroatoms. The van der Waals surface area contributed by atoms with Crippen molar-refractivity contribution in [3.8, 4) is 11.5 Å². The summed E-state index contributed by atoms with van der Waals surface area (Å²) in [6.07, 6.45) is 0.0000772. The van der Waals surface area contributed by atoms with Gasteiger partial charge in [0.1, 0.15) is 28.3 Å². The van der Waals surface area contributed by atoms with E-state index in [1.165, 1.54) is 23.9 Å². The maximum absolute atomic E-state index is 11.9. The molecule has 1 fully saturated rings. The van der Waals surface area contributed by atoms with Gasteiger partial charge in [0.25, 0.3) is 11.6 Å². The van der Waals surface area contributed by atoms with Crippen molar-refractivity contribution in [2.75, 3.05) is 25.2 Å². The molecule has 0 radical (unpaired) electrons. The molecule has 1 heterocycles. The van der Waals surface area contributed by atoms with Crippen LogP contribution in [0.2, 0.25) is 10.0 Å². The number of carbonyl (C=O) groups is 2. The minimum Gasteiger partial charge on any atom is -0.480 e. The van der Waals surface area contributed by atoms with Crippen LogP contribution < -0.4 is 16.2 Å². The molecule has 0 aromatic heterocycles. The molecule has 4 rings (SSSR count). The van der Waals surface area contributed by atoms with Crippen LogP contribution in [0.25, 0.3) is 0 Å². The highest BCUT2D eigenvalue weighted by Gasteiger charge is 2.40. The van der Waals surface area contributed by atoms with Crippen molar-refractivity contribution in [1.82, 2.24) is 5.06 Å². The Kier molecular flexibility index (Phi) is 13.8. The summed E-state index contributed by atoms with van der Waals surface area (Å²) in [7, 11) is -3.10. The fourth-order valence-electron chi connectivity index (χ4n) is 3.51. The van der Waals surface area contributed by atoms with Crippen molar-refractivity contribution >= 4 is 53.8 Å². The van der Waals surface area contributed by atoms with E-state index in [1.807, 2.05) is 44.2 Å². The molecule has 3 aromatic carbocycles. The van der Waals surface area contributed by atoms with Gasteiger partial charge in [0.15, 0.2) is 7.37 Å². The quantitative estimate of drug-likeness (QED) is 0.0895. The molecule has 6 N–H and O–H groups in total. The van der Waals surface area contributed by atoms with Crippen LogP contribution in [0.4, 0.5) is 11.4 Å². The zero-order valence-electron chi connectivity index (χ0n) is 24.8. The molecule has 1 amide bonds. The highest BCUT2D eigenvalue weighted by molar-refractivity contribution is 7.57. The lowest BCUT2D eigenvalue weighted by Gasteiger charge is -2.16. The summed E-state index contributed by atoms with van der Waals surface area (Å²) >= 11 is 12.0. The minimum absolute atomic E-state index is 0.00687. The first-order valence-electron chi connectivity index (χ1n) is 13.3. The SMILES string of the molecule is CC1(C)CON(Cc2ccccc2Cl)C1=O.CP(=O)(O)CCC(N)C(=O)O.Nc1c([N+](=O)[O-])ccc(Oc2ccccc2)c1Cl. The van der Waals surface area contributed by atoms with Crippen LogP contribution in [-0.4, -0.2) is 57.3 Å². The Morgan fingerprint density at radius 1 is 1.16 bits per heavy atom. The molecular formula is C29H35Cl2N4O9P. The summed E-state index contributed by atoms with van der Waals surface area (Å²) in [5.41, 5.74) is 10.8. The number of hydroxylamine groups is 2. The molecule has 1 aliphatic rings. The Balaban J connectivity index is 0.000000243. The van der Waals surface area contributed by atoms with Gasteiger partial charge in [-0.2, -0.15) is 0 Å². The predicted molar refractivity (Wildman–Crippen MR) is 172 cm³/mol. The van der Waals surface area contributed by atoms with E-state index in [0.717, 1.165) is 5.56 Å². The molecule has 3 aromatic rings. The van der Waals surface area contributed by atoms with Gasteiger partial charge in [-0.15, -0.1) is 0 Å². The lowest BCUT2D eigenvalue weighted by atomic mass is 9.95. The van der Waals surface area contributed by atoms with Crippen LogP contribution in [-0.2, 0) is 25.5 Å². The van der Waals surface area contributed by atoms with Gasteiger partial charge in [0, 0.05) is 23.9 Å². The molecule has 0 spiro atoms. The van der Waals surface area contributed by atoms with Crippen LogP contribution in [0.3, 0.4) is 0 Å². The van der Waals surface area contributed by atoms with Crippen LogP contribution >= 0.6 is 30.6 Å². The van der Waals surface area contributed by atoms with Crippen LogP contribution in [0.5, 0.6) is 11.5 Å². The first-order valence-corrected chi connectivity index (χ1v) is 16.4. The molecule has 13 nitrogen and oxygen atoms in total. The molecule has 0 bridgehead atoms. The third-order valence-electron chi connectivity index (χ3n) is 6.12. The van der Waals surface area contributed by atoms with Gasteiger partial charge >= 0.3 is 5.97 Å². The topological polar surface area (TPSA) is 209 Å². The lowest BCUT2D eigenvalue weighted by molar-refractivity contribution is -0.383. The number of ether oxygens (including phenoxy) is 1. The summed E-state index contributed by atoms with van der Waals surface area (Å²) in [5, 5.41) is 21.0. The molecule has 1 aliphatic heterocycles. The van der Waals surface area contributed by atoms with Gasteiger partial charge in [-0.25, -0.2) is 5.06 Å². The number of carboxylic acids is 1. The van der Waals surface area contributed by atoms with Crippen molar-refractivity contribution in [2.45, 2.75) is 32.9 Å². The van der Waals surface area contributed by atoms with E-state index >= 15 is 0 Å². The van der Waals surface area contributed by atoms with Crippen molar-refractivity contribution in [2.24, 2.45) is 11.1 Å². The number of halogens is 2. The number of amides is 1. The molecule has 2 unspecified atom stereocenters. The predicted octanol–water partition coefficient (Wildman–Crippen LogP) is 5.95. The number of carbonyl (C=O) groups excluding carboxylic acids is 1. The Labute approximate surface area is 270 Å². The third-order valence-corrected chi connectivity index (χ3v) is 7.97. The second kappa shape index (κ2) is 16.6. The average molecular weight is 685 g/mol. The summed E-state index contributed by atoms with van der Waals surface area (Å²) in [6.45, 7) is 5.77. The van der Waals surface area contributed by atoms with E-state index in [0.29, 0.717) is 23.9 Å². The first-order chi connectivity index (χ1) is 20.9. The number of para-hydroxylation sites is 1. The molecular weight excluding hydrogens is 650 g/mol. The number of nitro benzene ring substituents is 1. The maximum atomic E-state index is 11.9. The second-order valence-electron chi connectivity index (χ2n) is 10.6. The van der Waals surface area contributed by atoms with Gasteiger partial charge in [-0.05, 0) is 50.1 Å². The first kappa shape index (κ1) is 37.5. The Hall–Kier alpha value is -3.71. The van der Waals surface area contributed by atoms with Gasteiger partial charge in [0.05, 0.1) is 23.5 Å². The standard InChI is InChI=1S/C12H9ClN2O3.C12H14ClNO2.C5H12NO4P/c13-11-10(18-8-4-2-1-3-5-8)7-6-9(12(11)14)15(16)17;1-12(2)8-16-14(11(12)15)7-9-5-3-4-6-10(9)13;1-11(9,10)3-2-4(6)5(7)8/h1-7H,14H2;3-6H,7-8H2,1-2H3;4H,2-3,6H2,1H3,(H,7,8)(H,9,10). The largest absolute Gasteiger partial charge is 0.480 e. The van der Waals surface area contributed by atoms with Gasteiger partial charge in [-0.3, -0.25) is 29.1 Å². The van der Waals surface area contributed by atoms with Gasteiger partial charge in [0.2, 0.25) is 0 Å². The minimum atomic E-state index is -3.10. The zero-order chi connectivity index (χ0) is 33.9. The van der Waals surface area contributed by atoms with E-state index in [1.54, 1.807) is 24.3 Å². The number of hydrogen-bond donors (Lipinski definition) is 4. The number of carboxylic acid groups (broad SMARTS) is 1. The van der Waals surface area contributed by atoms with Crippen molar-refractivity contribution in [3.05, 3.63) is 92.5 Å². The molecule has 45 heavy (non-hydrogen) atoms. The zero-order valence-corrected chi connectivity index (χ0v) is 27.2. The molecule has 1 saturated heterocycles. The molecule has 0 aliphatic carbocycles.